The van der Waals surface area contributed by atoms with E-state index in [0.29, 0.717) is 22.6 Å². The number of sulfone groups is 1. The van der Waals surface area contributed by atoms with Crippen LogP contribution < -0.4 is 0 Å². The van der Waals surface area contributed by atoms with E-state index in [1.54, 1.807) is 30.5 Å². The van der Waals surface area contributed by atoms with Crippen LogP contribution in [0.1, 0.15) is 5.76 Å². The number of hydrogen-bond donors (Lipinski definition) is 0. The van der Waals surface area contributed by atoms with Crippen molar-refractivity contribution in [2.75, 3.05) is 6.26 Å². The molecule has 2 heterocycles. The van der Waals surface area contributed by atoms with Gasteiger partial charge in [-0.25, -0.2) is 17.8 Å². The number of thiazole rings is 1. The van der Waals surface area contributed by atoms with E-state index >= 15 is 0 Å². The lowest BCUT2D eigenvalue weighted by Crippen LogP contribution is -2.00. The number of halogens is 1. The van der Waals surface area contributed by atoms with Gasteiger partial charge in [0.05, 0.1) is 5.56 Å². The fraction of sp³-hybridized carbons (Fsp3) is 0.100. The molecule has 0 atom stereocenters. The van der Waals surface area contributed by atoms with Gasteiger partial charge in [-0.15, -0.1) is 11.3 Å². The normalized spacial score (nSPS) is 11.7. The SMILES string of the molecule is Cc1onc(-c2ccc(-c3nccs3)cc2)c1-c1ccc(S(C)(=O)=O)c(F)c1. The molecule has 28 heavy (non-hydrogen) atoms. The summed E-state index contributed by atoms with van der Waals surface area (Å²) < 4.78 is 43.0. The van der Waals surface area contributed by atoms with Crippen LogP contribution in [0.25, 0.3) is 33.0 Å². The summed E-state index contributed by atoms with van der Waals surface area (Å²) in [6, 6.07) is 11.7. The molecule has 0 fully saturated rings. The molecule has 0 amide bonds. The monoisotopic (exact) mass is 414 g/mol. The Labute approximate surface area is 165 Å². The summed E-state index contributed by atoms with van der Waals surface area (Å²) in [6.45, 7) is 1.73. The number of benzene rings is 2. The molecule has 4 aromatic rings. The highest BCUT2D eigenvalue weighted by Gasteiger charge is 2.20. The van der Waals surface area contributed by atoms with Crippen LogP contribution in [0, 0.1) is 12.7 Å². The van der Waals surface area contributed by atoms with Crippen molar-refractivity contribution in [3.63, 3.8) is 0 Å². The molecule has 0 radical (unpaired) electrons. The summed E-state index contributed by atoms with van der Waals surface area (Å²) in [5, 5.41) is 6.96. The molecule has 0 saturated carbocycles. The zero-order valence-corrected chi connectivity index (χ0v) is 16.6. The second-order valence-corrected chi connectivity index (χ2v) is 9.17. The average Bonchev–Trinajstić information content (AvgIpc) is 3.30. The van der Waals surface area contributed by atoms with Crippen LogP contribution in [0.4, 0.5) is 4.39 Å². The Balaban J connectivity index is 1.77. The summed E-state index contributed by atoms with van der Waals surface area (Å²) in [5.74, 6) is -0.281. The number of rotatable bonds is 4. The topological polar surface area (TPSA) is 73.1 Å². The van der Waals surface area contributed by atoms with E-state index < -0.39 is 15.7 Å². The molecule has 4 rings (SSSR count). The Morgan fingerprint density at radius 3 is 2.32 bits per heavy atom. The first-order valence-corrected chi connectivity index (χ1v) is 11.1. The molecule has 142 valence electrons. The van der Waals surface area contributed by atoms with Crippen LogP contribution in [0.2, 0.25) is 0 Å². The number of aromatic nitrogens is 2. The van der Waals surface area contributed by atoms with E-state index in [1.807, 2.05) is 29.6 Å². The highest BCUT2D eigenvalue weighted by atomic mass is 32.2. The molecule has 0 aliphatic heterocycles. The van der Waals surface area contributed by atoms with Crippen molar-refractivity contribution in [3.8, 4) is 33.0 Å². The van der Waals surface area contributed by atoms with Gasteiger partial charge in [-0.1, -0.05) is 35.5 Å². The standard InChI is InChI=1S/C20H15FN2O3S2/c1-12-18(15-7-8-17(16(21)11-15)28(2,24)25)19(23-26-12)13-3-5-14(6-4-13)20-22-9-10-27-20/h3-11H,1-2H3. The van der Waals surface area contributed by atoms with Gasteiger partial charge in [0.2, 0.25) is 0 Å². The summed E-state index contributed by atoms with van der Waals surface area (Å²) in [7, 11) is -3.64. The largest absolute Gasteiger partial charge is 0.360 e. The zero-order chi connectivity index (χ0) is 19.9. The van der Waals surface area contributed by atoms with Crippen molar-refractivity contribution in [3.05, 3.63) is 65.6 Å². The quantitative estimate of drug-likeness (QED) is 0.471. The van der Waals surface area contributed by atoms with Crippen molar-refractivity contribution in [2.24, 2.45) is 0 Å². The maximum Gasteiger partial charge on any atom is 0.178 e. The Morgan fingerprint density at radius 2 is 1.71 bits per heavy atom. The van der Waals surface area contributed by atoms with Crippen LogP contribution >= 0.6 is 11.3 Å². The summed E-state index contributed by atoms with van der Waals surface area (Å²) >= 11 is 1.55. The Hall–Kier alpha value is -2.84. The third-order valence-corrected chi connectivity index (χ3v) is 6.27. The van der Waals surface area contributed by atoms with E-state index in [0.717, 1.165) is 22.4 Å². The maximum absolute atomic E-state index is 14.4. The molecule has 0 aliphatic rings. The van der Waals surface area contributed by atoms with Crippen LogP contribution in [-0.4, -0.2) is 24.8 Å². The Kier molecular flexibility index (Phi) is 4.60. The zero-order valence-electron chi connectivity index (χ0n) is 15.0. The van der Waals surface area contributed by atoms with Crippen molar-refractivity contribution in [2.45, 2.75) is 11.8 Å². The third-order valence-electron chi connectivity index (χ3n) is 4.32. The average molecular weight is 414 g/mol. The smallest absolute Gasteiger partial charge is 0.178 e. The second kappa shape index (κ2) is 6.96. The summed E-state index contributed by atoms with van der Waals surface area (Å²) in [6.07, 6.45) is 2.73. The first-order chi connectivity index (χ1) is 13.3. The lowest BCUT2D eigenvalue weighted by Gasteiger charge is -2.07. The van der Waals surface area contributed by atoms with E-state index in [9.17, 15) is 12.8 Å². The van der Waals surface area contributed by atoms with Crippen LogP contribution in [0.3, 0.4) is 0 Å². The van der Waals surface area contributed by atoms with E-state index in [-0.39, 0.29) is 4.90 Å². The van der Waals surface area contributed by atoms with E-state index in [2.05, 4.69) is 10.1 Å². The molecule has 0 unspecified atom stereocenters. The van der Waals surface area contributed by atoms with Gasteiger partial charge >= 0.3 is 0 Å². The first-order valence-electron chi connectivity index (χ1n) is 8.31. The molecular weight excluding hydrogens is 399 g/mol. The predicted octanol–water partition coefficient (Wildman–Crippen LogP) is 4.98. The summed E-state index contributed by atoms with van der Waals surface area (Å²) in [4.78, 5) is 3.96. The summed E-state index contributed by atoms with van der Waals surface area (Å²) in [5.41, 5.74) is 3.49. The van der Waals surface area contributed by atoms with Gasteiger partial charge in [0, 0.05) is 29.0 Å². The number of aryl methyl sites for hydroxylation is 1. The van der Waals surface area contributed by atoms with Gasteiger partial charge < -0.3 is 4.52 Å². The molecule has 0 saturated heterocycles. The Morgan fingerprint density at radius 1 is 1.04 bits per heavy atom. The molecule has 0 spiro atoms. The van der Waals surface area contributed by atoms with Crippen LogP contribution in [0.5, 0.6) is 0 Å². The van der Waals surface area contributed by atoms with Gasteiger partial charge in [0.15, 0.2) is 9.84 Å². The molecule has 5 nitrogen and oxygen atoms in total. The minimum atomic E-state index is -3.64. The van der Waals surface area contributed by atoms with Crippen molar-refractivity contribution >= 4 is 21.2 Å². The van der Waals surface area contributed by atoms with Crippen LogP contribution in [0.15, 0.2) is 63.5 Å². The molecule has 2 aromatic heterocycles. The fourth-order valence-corrected chi connectivity index (χ4v) is 4.38. The minimum absolute atomic E-state index is 0.334. The van der Waals surface area contributed by atoms with Gasteiger partial charge in [0.25, 0.3) is 0 Å². The highest BCUT2D eigenvalue weighted by Crippen LogP contribution is 2.36. The second-order valence-electron chi connectivity index (χ2n) is 6.29. The lowest BCUT2D eigenvalue weighted by molar-refractivity contribution is 0.400. The molecule has 8 heteroatoms. The van der Waals surface area contributed by atoms with Crippen molar-refractivity contribution < 1.29 is 17.3 Å². The molecule has 2 aromatic carbocycles. The predicted molar refractivity (Wildman–Crippen MR) is 106 cm³/mol. The van der Waals surface area contributed by atoms with Gasteiger partial charge in [-0.05, 0) is 24.6 Å². The van der Waals surface area contributed by atoms with Gasteiger partial charge in [0.1, 0.15) is 27.2 Å². The minimum Gasteiger partial charge on any atom is -0.360 e. The molecule has 0 N–H and O–H groups in total. The number of hydrogen-bond acceptors (Lipinski definition) is 6. The van der Waals surface area contributed by atoms with Crippen molar-refractivity contribution in [1.29, 1.82) is 0 Å². The van der Waals surface area contributed by atoms with Gasteiger partial charge in [-0.3, -0.25) is 0 Å². The molecule has 0 bridgehead atoms. The molecular formula is C20H15FN2O3S2. The number of nitrogens with zero attached hydrogens (tertiary/aromatic N) is 2. The third kappa shape index (κ3) is 3.36. The Bertz CT molecular complexity index is 1250. The fourth-order valence-electron chi connectivity index (χ4n) is 3.00. The molecule has 0 aliphatic carbocycles. The highest BCUT2D eigenvalue weighted by molar-refractivity contribution is 7.90. The van der Waals surface area contributed by atoms with E-state index in [1.165, 1.54) is 12.1 Å². The van der Waals surface area contributed by atoms with Gasteiger partial charge in [-0.2, -0.15) is 0 Å². The van der Waals surface area contributed by atoms with Crippen LogP contribution in [-0.2, 0) is 9.84 Å². The first kappa shape index (κ1) is 18.5. The van der Waals surface area contributed by atoms with E-state index in [4.69, 9.17) is 4.52 Å². The lowest BCUT2D eigenvalue weighted by atomic mass is 9.99. The van der Waals surface area contributed by atoms with Crippen molar-refractivity contribution in [1.82, 2.24) is 10.1 Å². The maximum atomic E-state index is 14.4.